The maximum Gasteiger partial charge on any atom is 0.374 e. The number of carbonyl (C=O) groups is 3. The Hall–Kier alpha value is -1.13. The van der Waals surface area contributed by atoms with E-state index >= 15 is 0 Å². The zero-order valence-electron chi connectivity index (χ0n) is 15.4. The van der Waals surface area contributed by atoms with Crippen molar-refractivity contribution in [3.8, 4) is 0 Å². The van der Waals surface area contributed by atoms with Crippen LogP contribution in [0, 0.1) is 0 Å². The summed E-state index contributed by atoms with van der Waals surface area (Å²) in [4.78, 5) is 39.4. The van der Waals surface area contributed by atoms with Crippen molar-refractivity contribution in [2.24, 2.45) is 0 Å². The molecule has 0 radical (unpaired) electrons. The molecular formula is C13H23NO11P2. The van der Waals surface area contributed by atoms with E-state index in [1.807, 2.05) is 0 Å². The van der Waals surface area contributed by atoms with Gasteiger partial charge in [-0.25, -0.2) is 4.79 Å². The quantitative estimate of drug-likeness (QED) is 0.372. The molecule has 2 amide bonds. The highest BCUT2D eigenvalue weighted by atomic mass is 31.2. The minimum Gasteiger partial charge on any atom is -0.368 e. The number of hydrogen-bond donors (Lipinski definition) is 1. The highest BCUT2D eigenvalue weighted by Gasteiger charge is 2.63. The van der Waals surface area contributed by atoms with Crippen molar-refractivity contribution in [2.75, 3.05) is 28.4 Å². The summed E-state index contributed by atoms with van der Waals surface area (Å²) in [6.45, 7) is 0. The molecule has 12 nitrogen and oxygen atoms in total. The van der Waals surface area contributed by atoms with Crippen LogP contribution in [0.4, 0.5) is 0 Å². The summed E-state index contributed by atoms with van der Waals surface area (Å²) in [7, 11) is -4.89. The first-order valence-electron chi connectivity index (χ1n) is 7.76. The summed E-state index contributed by atoms with van der Waals surface area (Å²) in [5, 5.41) is 8.51. The van der Waals surface area contributed by atoms with Gasteiger partial charge >= 0.3 is 21.2 Å². The van der Waals surface area contributed by atoms with Gasteiger partial charge in [-0.05, 0) is 6.42 Å². The van der Waals surface area contributed by atoms with E-state index < -0.39 is 50.9 Å². The van der Waals surface area contributed by atoms with Gasteiger partial charge in [0.1, 0.15) is 0 Å². The van der Waals surface area contributed by atoms with Gasteiger partial charge in [0.15, 0.2) is 0 Å². The number of rotatable bonds is 11. The van der Waals surface area contributed by atoms with Gasteiger partial charge in [-0.1, -0.05) is 0 Å². The van der Waals surface area contributed by atoms with Gasteiger partial charge in [-0.15, -0.1) is 5.06 Å². The third kappa shape index (κ3) is 4.65. The lowest BCUT2D eigenvalue weighted by Gasteiger charge is -2.36. The fraction of sp³-hybridized carbons (Fsp3) is 0.769. The SMILES string of the molecule is COP(=O)(OC)C(O)(CCCC(=O)ON1C(=O)CCC1=O)P(=O)(OC)OC. The molecule has 156 valence electrons. The molecule has 0 aromatic rings. The summed E-state index contributed by atoms with van der Waals surface area (Å²) in [6, 6.07) is 0. The molecule has 1 aliphatic rings. The normalized spacial score (nSPS) is 16.1. The maximum absolute atomic E-state index is 12.7. The lowest BCUT2D eigenvalue weighted by atomic mass is 10.2. The van der Waals surface area contributed by atoms with Gasteiger partial charge in [0, 0.05) is 54.1 Å². The summed E-state index contributed by atoms with van der Waals surface area (Å²) >= 11 is 0. The molecule has 1 N–H and O–H groups in total. The molecule has 0 spiro atoms. The van der Waals surface area contributed by atoms with E-state index in [0.29, 0.717) is 5.06 Å². The molecule has 0 aromatic heterocycles. The summed E-state index contributed by atoms with van der Waals surface area (Å²) < 4.78 is 44.4. The maximum atomic E-state index is 12.7. The van der Waals surface area contributed by atoms with Crippen molar-refractivity contribution in [1.29, 1.82) is 0 Å². The van der Waals surface area contributed by atoms with E-state index in [4.69, 9.17) is 18.1 Å². The van der Waals surface area contributed by atoms with Crippen LogP contribution in [0.5, 0.6) is 0 Å². The van der Waals surface area contributed by atoms with Crippen LogP contribution in [0.2, 0.25) is 0 Å². The smallest absolute Gasteiger partial charge is 0.368 e. The highest BCUT2D eigenvalue weighted by molar-refractivity contribution is 7.73. The molecule has 0 aliphatic carbocycles. The van der Waals surface area contributed by atoms with Crippen molar-refractivity contribution in [3.05, 3.63) is 0 Å². The Morgan fingerprint density at radius 2 is 1.41 bits per heavy atom. The lowest BCUT2D eigenvalue weighted by molar-refractivity contribution is -0.197. The van der Waals surface area contributed by atoms with Crippen LogP contribution < -0.4 is 0 Å². The Bertz CT molecular complexity index is 621. The minimum absolute atomic E-state index is 0.0540. The molecule has 0 saturated carbocycles. The number of imide groups is 1. The van der Waals surface area contributed by atoms with Crippen molar-refractivity contribution in [3.63, 3.8) is 0 Å². The second-order valence-electron chi connectivity index (χ2n) is 5.40. The first kappa shape index (κ1) is 23.9. The van der Waals surface area contributed by atoms with E-state index in [0.717, 1.165) is 28.4 Å². The van der Waals surface area contributed by atoms with Crippen LogP contribution >= 0.6 is 15.2 Å². The van der Waals surface area contributed by atoms with Crippen LogP contribution in [0.15, 0.2) is 0 Å². The van der Waals surface area contributed by atoms with Crippen molar-refractivity contribution in [1.82, 2.24) is 5.06 Å². The Labute approximate surface area is 156 Å². The topological polar surface area (TPSA) is 155 Å². The molecule has 14 heteroatoms. The van der Waals surface area contributed by atoms with Gasteiger partial charge in [-0.2, -0.15) is 0 Å². The molecule has 1 fully saturated rings. The van der Waals surface area contributed by atoms with E-state index in [2.05, 4.69) is 4.84 Å². The standard InChI is InChI=1S/C13H23NO11P2/c1-21-26(19,22-2)13(18,27(20,23-3)24-4)9-5-6-12(17)25-14-10(15)7-8-11(14)16/h18H,5-9H2,1-4H3. The number of carbonyl (C=O) groups excluding carboxylic acids is 3. The first-order valence-corrected chi connectivity index (χ1v) is 10.8. The molecule has 0 unspecified atom stereocenters. The lowest BCUT2D eigenvalue weighted by Crippen LogP contribution is -2.33. The Morgan fingerprint density at radius 3 is 1.78 bits per heavy atom. The van der Waals surface area contributed by atoms with E-state index in [1.54, 1.807) is 0 Å². The molecule has 1 rings (SSSR count). The van der Waals surface area contributed by atoms with Gasteiger partial charge in [-0.3, -0.25) is 18.7 Å². The zero-order chi connectivity index (χ0) is 20.9. The largest absolute Gasteiger partial charge is 0.374 e. The Kier molecular flexibility index (Phi) is 8.31. The van der Waals surface area contributed by atoms with E-state index in [1.165, 1.54) is 0 Å². The molecule has 0 aromatic carbocycles. The zero-order valence-corrected chi connectivity index (χ0v) is 17.2. The monoisotopic (exact) mass is 431 g/mol. The van der Waals surface area contributed by atoms with Crippen LogP contribution in [0.3, 0.4) is 0 Å². The predicted molar refractivity (Wildman–Crippen MR) is 89.2 cm³/mol. The third-order valence-corrected chi connectivity index (χ3v) is 9.52. The van der Waals surface area contributed by atoms with Gasteiger partial charge in [0.2, 0.25) is 0 Å². The van der Waals surface area contributed by atoms with Gasteiger partial charge in [0.05, 0.1) is 0 Å². The number of hydrogen-bond acceptors (Lipinski definition) is 11. The van der Waals surface area contributed by atoms with Crippen molar-refractivity contribution in [2.45, 2.75) is 37.2 Å². The number of aliphatic hydroxyl groups is 1. The summed E-state index contributed by atoms with van der Waals surface area (Å²) in [5.41, 5.74) is 0. The van der Waals surface area contributed by atoms with Crippen LogP contribution in [-0.2, 0) is 46.4 Å². The van der Waals surface area contributed by atoms with Crippen molar-refractivity contribution < 1.29 is 51.6 Å². The average Bonchev–Trinajstić information content (AvgIpc) is 2.98. The fourth-order valence-corrected chi connectivity index (χ4v) is 6.94. The van der Waals surface area contributed by atoms with E-state index in [9.17, 15) is 28.6 Å². The average molecular weight is 431 g/mol. The number of amides is 2. The van der Waals surface area contributed by atoms with Gasteiger partial charge in [0.25, 0.3) is 16.9 Å². The second kappa shape index (κ2) is 9.38. The molecule has 1 saturated heterocycles. The Balaban J connectivity index is 2.88. The highest BCUT2D eigenvalue weighted by Crippen LogP contribution is 2.77. The molecule has 1 heterocycles. The van der Waals surface area contributed by atoms with Crippen LogP contribution in [-0.4, -0.2) is 61.5 Å². The predicted octanol–water partition coefficient (Wildman–Crippen LogP) is 1.38. The number of hydroxylamine groups is 2. The van der Waals surface area contributed by atoms with Crippen LogP contribution in [0.25, 0.3) is 0 Å². The Morgan fingerprint density at radius 1 is 1.00 bits per heavy atom. The van der Waals surface area contributed by atoms with Gasteiger partial charge < -0.3 is 28.0 Å². The minimum atomic E-state index is -4.39. The third-order valence-electron chi connectivity index (χ3n) is 3.93. The summed E-state index contributed by atoms with van der Waals surface area (Å²) in [6.07, 6.45) is -1.29. The molecular weight excluding hydrogens is 408 g/mol. The molecule has 1 aliphatic heterocycles. The molecule has 0 atom stereocenters. The number of nitrogens with zero attached hydrogens (tertiary/aromatic N) is 1. The van der Waals surface area contributed by atoms with E-state index in [-0.39, 0.29) is 19.3 Å². The molecule has 27 heavy (non-hydrogen) atoms. The first-order chi connectivity index (χ1) is 12.5. The second-order valence-corrected chi connectivity index (χ2v) is 10.7. The van der Waals surface area contributed by atoms with Crippen molar-refractivity contribution >= 4 is 33.0 Å². The van der Waals surface area contributed by atoms with Crippen LogP contribution in [0.1, 0.15) is 32.1 Å². The summed E-state index contributed by atoms with van der Waals surface area (Å²) in [5.74, 6) is -2.23. The molecule has 0 bridgehead atoms. The fourth-order valence-electron chi connectivity index (χ4n) is 2.43.